The molecule has 1 aromatic carbocycles. The van der Waals surface area contributed by atoms with Crippen molar-refractivity contribution in [2.75, 3.05) is 6.61 Å². The summed E-state index contributed by atoms with van der Waals surface area (Å²) < 4.78 is 41.2. The van der Waals surface area contributed by atoms with E-state index < -0.39 is 12.6 Å². The lowest BCUT2D eigenvalue weighted by Gasteiger charge is -2.09. The average molecular weight is 260 g/mol. The maximum Gasteiger partial charge on any atom is 0.389 e. The number of Topliss-reactive ketones (excluding diaryl/α,β-unsaturated/α-hetero) is 1. The van der Waals surface area contributed by atoms with Crippen LogP contribution in [0.3, 0.4) is 0 Å². The fourth-order valence-corrected chi connectivity index (χ4v) is 1.56. The molecule has 0 aliphatic carbocycles. The summed E-state index contributed by atoms with van der Waals surface area (Å²) in [5, 5.41) is 0. The number of halogens is 3. The van der Waals surface area contributed by atoms with E-state index in [1.165, 1.54) is 0 Å². The molecule has 0 bridgehead atoms. The van der Waals surface area contributed by atoms with Crippen molar-refractivity contribution in [3.05, 3.63) is 29.8 Å². The molecule has 0 saturated carbocycles. The minimum Gasteiger partial charge on any atom is -0.493 e. The monoisotopic (exact) mass is 260 g/mol. The lowest BCUT2D eigenvalue weighted by molar-refractivity contribution is -0.135. The van der Waals surface area contributed by atoms with Crippen molar-refractivity contribution >= 4 is 5.78 Å². The van der Waals surface area contributed by atoms with Gasteiger partial charge in [0.25, 0.3) is 0 Å². The summed E-state index contributed by atoms with van der Waals surface area (Å²) in [4.78, 5) is 11.8. The van der Waals surface area contributed by atoms with Gasteiger partial charge in [0.1, 0.15) is 5.75 Å². The van der Waals surface area contributed by atoms with Gasteiger partial charge in [-0.05, 0) is 25.5 Å². The van der Waals surface area contributed by atoms with Gasteiger partial charge >= 0.3 is 6.18 Å². The summed E-state index contributed by atoms with van der Waals surface area (Å²) in [6.45, 7) is 2.19. The molecule has 0 fully saturated rings. The molecular formula is C13H15F3O2. The summed E-state index contributed by atoms with van der Waals surface area (Å²) in [5.41, 5.74) is 0.349. The topological polar surface area (TPSA) is 26.3 Å². The molecule has 0 aliphatic rings. The van der Waals surface area contributed by atoms with Gasteiger partial charge in [-0.3, -0.25) is 4.79 Å². The molecule has 100 valence electrons. The molecule has 5 heteroatoms. The van der Waals surface area contributed by atoms with Crippen molar-refractivity contribution in [1.82, 2.24) is 0 Å². The molecule has 1 aromatic rings. The van der Waals surface area contributed by atoms with Crippen LogP contribution >= 0.6 is 0 Å². The number of ketones is 1. The van der Waals surface area contributed by atoms with Gasteiger partial charge in [0.05, 0.1) is 12.2 Å². The minimum absolute atomic E-state index is 0.121. The van der Waals surface area contributed by atoms with Crippen LogP contribution in [-0.4, -0.2) is 18.6 Å². The van der Waals surface area contributed by atoms with Gasteiger partial charge < -0.3 is 4.74 Å². The Morgan fingerprint density at radius 1 is 1.28 bits per heavy atom. The van der Waals surface area contributed by atoms with Crippen LogP contribution < -0.4 is 4.74 Å². The van der Waals surface area contributed by atoms with Gasteiger partial charge in [0, 0.05) is 12.8 Å². The van der Waals surface area contributed by atoms with E-state index in [0.29, 0.717) is 17.9 Å². The first-order chi connectivity index (χ1) is 8.44. The first-order valence-corrected chi connectivity index (χ1v) is 5.76. The van der Waals surface area contributed by atoms with Crippen LogP contribution in [-0.2, 0) is 0 Å². The first kappa shape index (κ1) is 14.5. The Morgan fingerprint density at radius 2 is 1.94 bits per heavy atom. The van der Waals surface area contributed by atoms with E-state index in [2.05, 4.69) is 0 Å². The summed E-state index contributed by atoms with van der Waals surface area (Å²) >= 11 is 0. The molecule has 0 heterocycles. The quantitative estimate of drug-likeness (QED) is 0.722. The highest BCUT2D eigenvalue weighted by atomic mass is 19.4. The first-order valence-electron chi connectivity index (χ1n) is 5.76. The Hall–Kier alpha value is -1.52. The van der Waals surface area contributed by atoms with E-state index in [0.717, 1.165) is 0 Å². The molecule has 2 nitrogen and oxygen atoms in total. The van der Waals surface area contributed by atoms with E-state index in [1.807, 2.05) is 0 Å². The zero-order valence-electron chi connectivity index (χ0n) is 10.1. The van der Waals surface area contributed by atoms with Gasteiger partial charge in [-0.1, -0.05) is 12.1 Å². The average Bonchev–Trinajstić information content (AvgIpc) is 2.28. The molecule has 0 aliphatic heterocycles. The number of ether oxygens (including phenoxy) is 1. The summed E-state index contributed by atoms with van der Waals surface area (Å²) in [6, 6.07) is 6.60. The second kappa shape index (κ2) is 6.42. The van der Waals surface area contributed by atoms with Gasteiger partial charge in [-0.15, -0.1) is 0 Å². The zero-order valence-corrected chi connectivity index (χ0v) is 10.1. The van der Waals surface area contributed by atoms with Crippen LogP contribution in [0.1, 0.15) is 36.5 Å². The number of hydrogen-bond acceptors (Lipinski definition) is 2. The van der Waals surface area contributed by atoms with Crippen LogP contribution in [0.15, 0.2) is 24.3 Å². The van der Waals surface area contributed by atoms with Crippen LogP contribution in [0, 0.1) is 0 Å². The molecular weight excluding hydrogens is 245 g/mol. The Labute approximate surface area is 104 Å². The van der Waals surface area contributed by atoms with Gasteiger partial charge in [-0.25, -0.2) is 0 Å². The number of benzene rings is 1. The molecule has 0 atom stereocenters. The van der Waals surface area contributed by atoms with Crippen molar-refractivity contribution in [3.63, 3.8) is 0 Å². The Balaban J connectivity index is 2.61. The highest BCUT2D eigenvalue weighted by Gasteiger charge is 2.26. The predicted molar refractivity (Wildman–Crippen MR) is 61.8 cm³/mol. The van der Waals surface area contributed by atoms with E-state index in [9.17, 15) is 18.0 Å². The molecule has 0 aromatic heterocycles. The van der Waals surface area contributed by atoms with Crippen LogP contribution in [0.2, 0.25) is 0 Å². The van der Waals surface area contributed by atoms with Crippen molar-refractivity contribution < 1.29 is 22.7 Å². The largest absolute Gasteiger partial charge is 0.493 e. The predicted octanol–water partition coefficient (Wildman–Crippen LogP) is 4.00. The number of carbonyl (C=O) groups is 1. The van der Waals surface area contributed by atoms with Crippen molar-refractivity contribution in [2.24, 2.45) is 0 Å². The van der Waals surface area contributed by atoms with E-state index in [4.69, 9.17) is 4.74 Å². The highest BCUT2D eigenvalue weighted by molar-refractivity contribution is 5.98. The van der Waals surface area contributed by atoms with Crippen molar-refractivity contribution in [3.8, 4) is 5.75 Å². The fourth-order valence-electron chi connectivity index (χ4n) is 1.56. The SMILES string of the molecule is CCOc1ccccc1C(=O)CCCC(F)(F)F. The minimum atomic E-state index is -4.21. The highest BCUT2D eigenvalue weighted by Crippen LogP contribution is 2.25. The Bertz CT molecular complexity index is 399. The summed E-state index contributed by atoms with van der Waals surface area (Å²) in [7, 11) is 0. The Morgan fingerprint density at radius 3 is 2.56 bits per heavy atom. The number of hydrogen-bond donors (Lipinski definition) is 0. The van der Waals surface area contributed by atoms with Gasteiger partial charge in [0.15, 0.2) is 5.78 Å². The molecule has 0 spiro atoms. The normalized spacial score (nSPS) is 11.3. The molecule has 0 amide bonds. The zero-order chi connectivity index (χ0) is 13.6. The number of alkyl halides is 3. The van der Waals surface area contributed by atoms with E-state index >= 15 is 0 Å². The van der Waals surface area contributed by atoms with E-state index in [-0.39, 0.29) is 18.6 Å². The van der Waals surface area contributed by atoms with Crippen LogP contribution in [0.25, 0.3) is 0 Å². The number of carbonyl (C=O) groups excluding carboxylic acids is 1. The summed E-state index contributed by atoms with van der Waals surface area (Å²) in [5.74, 6) is 0.111. The molecule has 1 rings (SSSR count). The Kier molecular flexibility index (Phi) is 5.19. The van der Waals surface area contributed by atoms with Gasteiger partial charge in [-0.2, -0.15) is 13.2 Å². The van der Waals surface area contributed by atoms with Crippen LogP contribution in [0.5, 0.6) is 5.75 Å². The lowest BCUT2D eigenvalue weighted by atomic mass is 10.0. The van der Waals surface area contributed by atoms with Crippen molar-refractivity contribution in [2.45, 2.75) is 32.4 Å². The fraction of sp³-hybridized carbons (Fsp3) is 0.462. The molecule has 0 saturated heterocycles. The maximum atomic E-state index is 12.0. The summed E-state index contributed by atoms with van der Waals surface area (Å²) in [6.07, 6.45) is -5.46. The standard InChI is InChI=1S/C13H15F3O2/c1-2-18-12-8-4-3-6-10(12)11(17)7-5-9-13(14,15)16/h3-4,6,8H,2,5,7,9H2,1H3. The molecule has 0 unspecified atom stereocenters. The smallest absolute Gasteiger partial charge is 0.389 e. The third kappa shape index (κ3) is 4.77. The molecule has 0 N–H and O–H groups in total. The third-order valence-corrected chi connectivity index (χ3v) is 2.35. The van der Waals surface area contributed by atoms with E-state index in [1.54, 1.807) is 31.2 Å². The van der Waals surface area contributed by atoms with Crippen molar-refractivity contribution in [1.29, 1.82) is 0 Å². The maximum absolute atomic E-state index is 12.0. The molecule has 0 radical (unpaired) electrons. The molecule has 18 heavy (non-hydrogen) atoms. The van der Waals surface area contributed by atoms with Crippen LogP contribution in [0.4, 0.5) is 13.2 Å². The second-order valence-corrected chi connectivity index (χ2v) is 3.82. The lowest BCUT2D eigenvalue weighted by Crippen LogP contribution is -2.09. The number of para-hydroxylation sites is 1. The number of rotatable bonds is 6. The third-order valence-electron chi connectivity index (χ3n) is 2.35. The van der Waals surface area contributed by atoms with Gasteiger partial charge in [0.2, 0.25) is 0 Å². The second-order valence-electron chi connectivity index (χ2n) is 3.82.